The van der Waals surface area contributed by atoms with Crippen molar-refractivity contribution in [2.75, 3.05) is 31.1 Å². The maximum Gasteiger partial charge on any atom is 0.144 e. The Hall–Kier alpha value is -2.29. The van der Waals surface area contributed by atoms with Crippen molar-refractivity contribution < 1.29 is 4.74 Å². The van der Waals surface area contributed by atoms with Gasteiger partial charge in [0.25, 0.3) is 0 Å². The van der Waals surface area contributed by atoms with Crippen molar-refractivity contribution in [1.29, 1.82) is 0 Å². The van der Waals surface area contributed by atoms with Gasteiger partial charge in [0.1, 0.15) is 18.7 Å². The predicted molar refractivity (Wildman–Crippen MR) is 141 cm³/mol. The summed E-state index contributed by atoms with van der Waals surface area (Å²) in [5.74, 6) is 0. The van der Waals surface area contributed by atoms with E-state index in [0.29, 0.717) is 6.73 Å². The molecule has 0 radical (unpaired) electrons. The molecule has 1 N–H and O–H groups in total. The normalized spacial score (nSPS) is 21.4. The zero-order chi connectivity index (χ0) is 23.6. The second kappa shape index (κ2) is 9.75. The number of nitrogens with zero attached hydrogens (tertiary/aromatic N) is 5. The van der Waals surface area contributed by atoms with Gasteiger partial charge in [0.2, 0.25) is 0 Å². The first-order valence-corrected chi connectivity index (χ1v) is 16.5. The number of anilines is 1. The topological polar surface area (TPSA) is 68.1 Å². The Morgan fingerprint density at radius 1 is 1.12 bits per heavy atom. The minimum absolute atomic E-state index is 0.241. The highest BCUT2D eigenvalue weighted by molar-refractivity contribution is 6.76. The Morgan fingerprint density at radius 3 is 2.71 bits per heavy atom. The van der Waals surface area contributed by atoms with E-state index in [0.717, 1.165) is 49.1 Å². The van der Waals surface area contributed by atoms with Crippen molar-refractivity contribution in [2.24, 2.45) is 0 Å². The van der Waals surface area contributed by atoms with Gasteiger partial charge in [0, 0.05) is 74.9 Å². The first-order chi connectivity index (χ1) is 16.4. The molecule has 0 amide bonds. The molecular formula is C26H38N6OSi. The van der Waals surface area contributed by atoms with Crippen LogP contribution in [0.4, 0.5) is 5.69 Å². The number of fused-ring (bicyclic) bond motifs is 1. The molecule has 2 saturated heterocycles. The molecule has 3 aromatic heterocycles. The lowest BCUT2D eigenvalue weighted by Gasteiger charge is -2.47. The van der Waals surface area contributed by atoms with E-state index < -0.39 is 8.07 Å². The molecule has 2 aliphatic heterocycles. The molecule has 182 valence electrons. The van der Waals surface area contributed by atoms with E-state index in [1.807, 2.05) is 18.6 Å². The monoisotopic (exact) mass is 478 g/mol. The first kappa shape index (κ1) is 23.4. The van der Waals surface area contributed by atoms with Crippen LogP contribution in [0.15, 0.2) is 37.2 Å². The molecule has 0 aliphatic carbocycles. The number of piperidine rings is 2. The summed E-state index contributed by atoms with van der Waals surface area (Å²) in [5, 5.41) is 5.06. The van der Waals surface area contributed by atoms with Gasteiger partial charge < -0.3 is 19.5 Å². The number of hydrogen-bond acceptors (Lipinski definition) is 6. The summed E-state index contributed by atoms with van der Waals surface area (Å²) in [4.78, 5) is 16.0. The number of pyridine rings is 1. The molecule has 0 unspecified atom stereocenters. The number of aromatic nitrogens is 4. The van der Waals surface area contributed by atoms with Crippen LogP contribution in [-0.4, -0.2) is 59.4 Å². The summed E-state index contributed by atoms with van der Waals surface area (Å²) in [6.45, 7) is 11.7. The van der Waals surface area contributed by atoms with E-state index >= 15 is 0 Å². The van der Waals surface area contributed by atoms with E-state index in [-0.39, 0.29) is 5.54 Å². The highest BCUT2D eigenvalue weighted by Gasteiger charge is 2.37. The average Bonchev–Trinajstić information content (AvgIpc) is 3.21. The van der Waals surface area contributed by atoms with E-state index in [1.165, 1.54) is 43.2 Å². The fourth-order valence-electron chi connectivity index (χ4n) is 5.47. The maximum absolute atomic E-state index is 6.13. The molecule has 2 aliphatic rings. The Morgan fingerprint density at radius 2 is 1.94 bits per heavy atom. The van der Waals surface area contributed by atoms with Crippen LogP contribution in [0.25, 0.3) is 22.2 Å². The minimum Gasteiger partial charge on any atom is -0.369 e. The largest absolute Gasteiger partial charge is 0.369 e. The van der Waals surface area contributed by atoms with Gasteiger partial charge in [-0.2, -0.15) is 0 Å². The van der Waals surface area contributed by atoms with E-state index in [4.69, 9.17) is 9.72 Å². The molecule has 1 atom stereocenters. The van der Waals surface area contributed by atoms with Crippen LogP contribution < -0.4 is 10.2 Å². The number of rotatable bonds is 7. The van der Waals surface area contributed by atoms with E-state index in [2.05, 4.69) is 56.7 Å². The Kier molecular flexibility index (Phi) is 6.73. The fraction of sp³-hybridized carbons (Fsp3) is 0.577. The zero-order valence-electron chi connectivity index (χ0n) is 20.9. The molecule has 5 rings (SSSR count). The Labute approximate surface area is 204 Å². The van der Waals surface area contributed by atoms with Crippen molar-refractivity contribution >= 4 is 24.8 Å². The lowest BCUT2D eigenvalue weighted by molar-refractivity contribution is 0.0899. The highest BCUT2D eigenvalue weighted by Crippen LogP contribution is 2.39. The van der Waals surface area contributed by atoms with Gasteiger partial charge in [-0.15, -0.1) is 0 Å². The summed E-state index contributed by atoms with van der Waals surface area (Å²) in [6.07, 6.45) is 15.9. The highest BCUT2D eigenvalue weighted by atomic mass is 28.3. The summed E-state index contributed by atoms with van der Waals surface area (Å²) in [5.41, 5.74) is 4.62. The summed E-state index contributed by atoms with van der Waals surface area (Å²) in [7, 11) is -1.13. The quantitative estimate of drug-likeness (QED) is 0.384. The van der Waals surface area contributed by atoms with Gasteiger partial charge in [-0.05, 0) is 44.3 Å². The molecule has 0 aromatic carbocycles. The van der Waals surface area contributed by atoms with Crippen molar-refractivity contribution in [1.82, 2.24) is 24.8 Å². The lowest BCUT2D eigenvalue weighted by atomic mass is 9.81. The SMILES string of the molecule is C[Si](C)(C)CCOCn1cc(-c2cncnc2)c2c(N3CCC[C@@]4(CCCCN4)C3)ccnc21. The number of hydrogen-bond donors (Lipinski definition) is 1. The molecule has 3 aromatic rings. The van der Waals surface area contributed by atoms with Crippen LogP contribution in [0.3, 0.4) is 0 Å². The van der Waals surface area contributed by atoms with Gasteiger partial charge in [-0.1, -0.05) is 26.1 Å². The maximum atomic E-state index is 6.13. The van der Waals surface area contributed by atoms with Crippen molar-refractivity contribution in [3.05, 3.63) is 37.2 Å². The predicted octanol–water partition coefficient (Wildman–Crippen LogP) is 4.92. The molecule has 1 spiro atoms. The summed E-state index contributed by atoms with van der Waals surface area (Å²) in [6, 6.07) is 3.35. The lowest BCUT2D eigenvalue weighted by Crippen LogP contribution is -2.59. The van der Waals surface area contributed by atoms with Crippen LogP contribution in [-0.2, 0) is 11.5 Å². The van der Waals surface area contributed by atoms with Gasteiger partial charge in [0.15, 0.2) is 0 Å². The molecule has 5 heterocycles. The summed E-state index contributed by atoms with van der Waals surface area (Å²) < 4.78 is 8.29. The van der Waals surface area contributed by atoms with Crippen molar-refractivity contribution in [3.8, 4) is 11.1 Å². The smallest absolute Gasteiger partial charge is 0.144 e. The third-order valence-corrected chi connectivity index (χ3v) is 9.04. The molecule has 34 heavy (non-hydrogen) atoms. The Balaban J connectivity index is 1.50. The number of ether oxygens (including phenoxy) is 1. The third kappa shape index (κ3) is 5.04. The van der Waals surface area contributed by atoms with Gasteiger partial charge in [-0.3, -0.25) is 0 Å². The number of nitrogens with one attached hydrogen (secondary N) is 1. The van der Waals surface area contributed by atoms with Crippen molar-refractivity contribution in [3.63, 3.8) is 0 Å². The van der Waals surface area contributed by atoms with Gasteiger partial charge in [0.05, 0.1) is 5.39 Å². The fourth-order valence-corrected chi connectivity index (χ4v) is 6.23. The van der Waals surface area contributed by atoms with Crippen LogP contribution >= 0.6 is 0 Å². The van der Waals surface area contributed by atoms with Crippen LogP contribution in [0, 0.1) is 0 Å². The third-order valence-electron chi connectivity index (χ3n) is 7.33. The second-order valence-corrected chi connectivity index (χ2v) is 16.8. The standard InChI is InChI=1S/C26H38N6OSi/c1-34(2,3)14-13-33-20-32-17-22(21-15-27-19-28-16-21)24-23(7-11-29-25(24)32)31-12-6-9-26(18-31)8-4-5-10-30-26/h7,11,15-17,19,30H,4-6,8-10,12-14,18,20H2,1-3H3/t26-/m0/s1. The molecule has 0 bridgehead atoms. The van der Waals surface area contributed by atoms with Crippen molar-refractivity contribution in [2.45, 2.75) is 70.1 Å². The summed E-state index contributed by atoms with van der Waals surface area (Å²) >= 11 is 0. The van der Waals surface area contributed by atoms with Crippen LogP contribution in [0.5, 0.6) is 0 Å². The minimum atomic E-state index is -1.13. The molecule has 7 nitrogen and oxygen atoms in total. The van der Waals surface area contributed by atoms with Gasteiger partial charge in [-0.25, -0.2) is 15.0 Å². The van der Waals surface area contributed by atoms with Crippen LogP contribution in [0.2, 0.25) is 25.7 Å². The second-order valence-electron chi connectivity index (χ2n) is 11.2. The average molecular weight is 479 g/mol. The zero-order valence-corrected chi connectivity index (χ0v) is 21.9. The molecule has 2 fully saturated rings. The first-order valence-electron chi connectivity index (χ1n) is 12.8. The molecule has 0 saturated carbocycles. The molecular weight excluding hydrogens is 440 g/mol. The van der Waals surface area contributed by atoms with Gasteiger partial charge >= 0.3 is 0 Å². The van der Waals surface area contributed by atoms with Crippen LogP contribution in [0.1, 0.15) is 32.1 Å². The van der Waals surface area contributed by atoms with E-state index in [9.17, 15) is 0 Å². The van der Waals surface area contributed by atoms with E-state index in [1.54, 1.807) is 6.33 Å². The Bertz CT molecular complexity index is 1100. The molecule has 8 heteroatoms.